The summed E-state index contributed by atoms with van der Waals surface area (Å²) in [6.45, 7) is 3.74. The van der Waals surface area contributed by atoms with Crippen LogP contribution in [0.1, 0.15) is 5.56 Å². The van der Waals surface area contributed by atoms with Crippen molar-refractivity contribution in [3.63, 3.8) is 0 Å². The molecule has 0 radical (unpaired) electrons. The van der Waals surface area contributed by atoms with Crippen LogP contribution in [-0.4, -0.2) is 9.97 Å². The van der Waals surface area contributed by atoms with Gasteiger partial charge < -0.3 is 0 Å². The van der Waals surface area contributed by atoms with Gasteiger partial charge in [-0.05, 0) is 6.07 Å². The Bertz CT molecular complexity index is 465. The monoisotopic (exact) mass is 234 g/mol. The maximum Gasteiger partial charge on any atom is 0.116 e. The predicted octanol–water partition coefficient (Wildman–Crippen LogP) is 3.04. The van der Waals surface area contributed by atoms with Crippen molar-refractivity contribution in [2.75, 3.05) is 0 Å². The lowest BCUT2D eigenvalue weighted by Gasteiger charge is -2.01. The molecule has 0 unspecified atom stereocenters. The summed E-state index contributed by atoms with van der Waals surface area (Å²) >= 11 is 3.45. The number of hydrogen-bond donors (Lipinski definition) is 0. The molecule has 2 aromatic rings. The van der Waals surface area contributed by atoms with Gasteiger partial charge in [0.1, 0.15) is 6.33 Å². The maximum absolute atomic E-state index is 4.20. The summed E-state index contributed by atoms with van der Waals surface area (Å²) in [5.41, 5.74) is 1.96. The zero-order valence-corrected chi connectivity index (χ0v) is 8.45. The summed E-state index contributed by atoms with van der Waals surface area (Å²) in [6.07, 6.45) is 5.13. The van der Waals surface area contributed by atoms with Gasteiger partial charge >= 0.3 is 0 Å². The second kappa shape index (κ2) is 3.26. The van der Waals surface area contributed by atoms with Gasteiger partial charge in [-0.1, -0.05) is 34.7 Å². The minimum Gasteiger partial charge on any atom is -0.244 e. The molecule has 0 amide bonds. The minimum atomic E-state index is 0.930. The largest absolute Gasteiger partial charge is 0.244 e. The maximum atomic E-state index is 4.20. The molecule has 0 saturated carbocycles. The standard InChI is InChI=1S/C10H7BrN2/c1-2-7-3-4-9(11)8-5-12-6-13-10(7)8/h2-6H,1H2. The third-order valence-electron chi connectivity index (χ3n) is 1.87. The Morgan fingerprint density at radius 3 is 3.00 bits per heavy atom. The van der Waals surface area contributed by atoms with Gasteiger partial charge in [-0.3, -0.25) is 0 Å². The van der Waals surface area contributed by atoms with Gasteiger partial charge in [0.25, 0.3) is 0 Å². The third kappa shape index (κ3) is 1.35. The van der Waals surface area contributed by atoms with Crippen LogP contribution in [0.25, 0.3) is 17.0 Å². The molecule has 2 rings (SSSR count). The summed E-state index contributed by atoms with van der Waals surface area (Å²) in [7, 11) is 0. The lowest BCUT2D eigenvalue weighted by atomic mass is 10.1. The van der Waals surface area contributed by atoms with Crippen LogP contribution in [0.5, 0.6) is 0 Å². The highest BCUT2D eigenvalue weighted by Crippen LogP contribution is 2.24. The molecule has 3 heteroatoms. The number of halogens is 1. The van der Waals surface area contributed by atoms with Crippen LogP contribution in [0.4, 0.5) is 0 Å². The van der Waals surface area contributed by atoms with Gasteiger partial charge in [-0.25, -0.2) is 9.97 Å². The molecule has 0 N–H and O–H groups in total. The van der Waals surface area contributed by atoms with E-state index in [1.807, 2.05) is 12.1 Å². The molecule has 64 valence electrons. The van der Waals surface area contributed by atoms with E-state index < -0.39 is 0 Å². The normalized spacial score (nSPS) is 10.2. The van der Waals surface area contributed by atoms with E-state index in [0.717, 1.165) is 20.9 Å². The average Bonchev–Trinajstić information content (AvgIpc) is 2.19. The molecule has 13 heavy (non-hydrogen) atoms. The number of aromatic nitrogens is 2. The first-order chi connectivity index (χ1) is 6.33. The molecular formula is C10H7BrN2. The Morgan fingerprint density at radius 1 is 1.38 bits per heavy atom. The highest BCUT2D eigenvalue weighted by Gasteiger charge is 2.02. The fourth-order valence-corrected chi connectivity index (χ4v) is 1.65. The van der Waals surface area contributed by atoms with Crippen molar-refractivity contribution in [3.8, 4) is 0 Å². The first-order valence-electron chi connectivity index (χ1n) is 3.83. The van der Waals surface area contributed by atoms with Crippen molar-refractivity contribution < 1.29 is 0 Å². The van der Waals surface area contributed by atoms with Gasteiger partial charge in [0.2, 0.25) is 0 Å². The Morgan fingerprint density at radius 2 is 2.23 bits per heavy atom. The van der Waals surface area contributed by atoms with Crippen LogP contribution in [0.15, 0.2) is 35.7 Å². The van der Waals surface area contributed by atoms with Crippen molar-refractivity contribution in [3.05, 3.63) is 41.3 Å². The Labute approximate surface area is 84.5 Å². The molecule has 0 aliphatic heterocycles. The molecule has 0 fully saturated rings. The van der Waals surface area contributed by atoms with Crippen molar-refractivity contribution in [2.45, 2.75) is 0 Å². The molecule has 1 aromatic heterocycles. The fraction of sp³-hybridized carbons (Fsp3) is 0. The molecule has 0 bridgehead atoms. The van der Waals surface area contributed by atoms with Crippen molar-refractivity contribution in [2.24, 2.45) is 0 Å². The van der Waals surface area contributed by atoms with E-state index in [0.29, 0.717) is 0 Å². The van der Waals surface area contributed by atoms with Crippen molar-refractivity contribution in [1.82, 2.24) is 9.97 Å². The lowest BCUT2D eigenvalue weighted by molar-refractivity contribution is 1.22. The summed E-state index contributed by atoms with van der Waals surface area (Å²) in [5, 5.41) is 1.01. The molecule has 0 spiro atoms. The van der Waals surface area contributed by atoms with Crippen molar-refractivity contribution in [1.29, 1.82) is 0 Å². The van der Waals surface area contributed by atoms with E-state index in [1.54, 1.807) is 18.6 Å². The van der Waals surface area contributed by atoms with E-state index >= 15 is 0 Å². The number of hydrogen-bond acceptors (Lipinski definition) is 2. The van der Waals surface area contributed by atoms with Gasteiger partial charge in [0.15, 0.2) is 0 Å². The van der Waals surface area contributed by atoms with Gasteiger partial charge in [-0.2, -0.15) is 0 Å². The Hall–Kier alpha value is -1.22. The zero-order valence-electron chi connectivity index (χ0n) is 6.87. The third-order valence-corrected chi connectivity index (χ3v) is 2.56. The predicted molar refractivity (Wildman–Crippen MR) is 57.3 cm³/mol. The smallest absolute Gasteiger partial charge is 0.116 e. The Balaban J connectivity index is 2.92. The van der Waals surface area contributed by atoms with Gasteiger partial charge in [0.05, 0.1) is 5.52 Å². The average molecular weight is 235 g/mol. The quantitative estimate of drug-likeness (QED) is 0.759. The first-order valence-corrected chi connectivity index (χ1v) is 4.63. The lowest BCUT2D eigenvalue weighted by Crippen LogP contribution is -1.85. The van der Waals surface area contributed by atoms with E-state index in [9.17, 15) is 0 Å². The zero-order chi connectivity index (χ0) is 9.26. The second-order valence-electron chi connectivity index (χ2n) is 2.63. The topological polar surface area (TPSA) is 25.8 Å². The summed E-state index contributed by atoms with van der Waals surface area (Å²) in [5.74, 6) is 0. The molecule has 0 atom stereocenters. The highest BCUT2D eigenvalue weighted by molar-refractivity contribution is 9.10. The van der Waals surface area contributed by atoms with Crippen LogP contribution in [0.2, 0.25) is 0 Å². The number of rotatable bonds is 1. The molecule has 0 aliphatic rings. The van der Waals surface area contributed by atoms with Crippen molar-refractivity contribution >= 4 is 32.9 Å². The van der Waals surface area contributed by atoms with Gasteiger partial charge in [-0.15, -0.1) is 0 Å². The van der Waals surface area contributed by atoms with Crippen LogP contribution in [-0.2, 0) is 0 Å². The van der Waals surface area contributed by atoms with Crippen LogP contribution in [0, 0.1) is 0 Å². The molecule has 2 nitrogen and oxygen atoms in total. The molecule has 1 aromatic carbocycles. The summed E-state index contributed by atoms with van der Waals surface area (Å²) < 4.78 is 1.01. The number of nitrogens with zero attached hydrogens (tertiary/aromatic N) is 2. The first kappa shape index (κ1) is 8.38. The molecular weight excluding hydrogens is 228 g/mol. The van der Waals surface area contributed by atoms with E-state index in [2.05, 4.69) is 32.5 Å². The van der Waals surface area contributed by atoms with Crippen LogP contribution >= 0.6 is 15.9 Å². The molecule has 1 heterocycles. The highest BCUT2D eigenvalue weighted by atomic mass is 79.9. The van der Waals surface area contributed by atoms with Crippen LogP contribution in [0.3, 0.4) is 0 Å². The summed E-state index contributed by atoms with van der Waals surface area (Å²) in [4.78, 5) is 8.17. The SMILES string of the molecule is C=Cc1ccc(Br)c2cncnc12. The van der Waals surface area contributed by atoms with E-state index in [4.69, 9.17) is 0 Å². The summed E-state index contributed by atoms with van der Waals surface area (Å²) in [6, 6.07) is 3.95. The second-order valence-corrected chi connectivity index (χ2v) is 3.48. The Kier molecular flexibility index (Phi) is 2.10. The molecule has 0 saturated heterocycles. The minimum absolute atomic E-state index is 0.930. The fourth-order valence-electron chi connectivity index (χ4n) is 1.23. The van der Waals surface area contributed by atoms with E-state index in [-0.39, 0.29) is 0 Å². The van der Waals surface area contributed by atoms with Gasteiger partial charge in [0, 0.05) is 21.6 Å². The number of fused-ring (bicyclic) bond motifs is 1. The van der Waals surface area contributed by atoms with E-state index in [1.165, 1.54) is 0 Å². The molecule has 0 aliphatic carbocycles. The number of benzene rings is 1. The van der Waals surface area contributed by atoms with Crippen LogP contribution < -0.4 is 0 Å².